The molecule has 6 aromatic rings. The lowest BCUT2D eigenvalue weighted by molar-refractivity contribution is -0.138. The molecule has 6 rings (SSSR count). The molecule has 4 N–H and O–H groups in total. The molecule has 0 saturated carbocycles. The van der Waals surface area contributed by atoms with Crippen LogP contribution in [0.4, 0.5) is 11.4 Å². The van der Waals surface area contributed by atoms with Crippen molar-refractivity contribution in [1.82, 2.24) is 24.1 Å². The Morgan fingerprint density at radius 1 is 0.618 bits per heavy atom. The number of carboxylic acid groups (broad SMARTS) is 2. The second-order valence-corrected chi connectivity index (χ2v) is 11.4. The van der Waals surface area contributed by atoms with Crippen LogP contribution in [0.5, 0.6) is 0 Å². The summed E-state index contributed by atoms with van der Waals surface area (Å²) in [7, 11) is 0. The van der Waals surface area contributed by atoms with Crippen LogP contribution in [-0.2, 0) is 22.7 Å². The van der Waals surface area contributed by atoms with Gasteiger partial charge in [0.25, 0.3) is 22.9 Å². The summed E-state index contributed by atoms with van der Waals surface area (Å²) in [5.74, 6) is -3.03. The van der Waals surface area contributed by atoms with Gasteiger partial charge in [-0.15, -0.1) is 0 Å². The third-order valence-corrected chi connectivity index (χ3v) is 7.58. The molecule has 2 amide bonds. The largest absolute Gasteiger partial charge is 0.480 e. The van der Waals surface area contributed by atoms with E-state index in [0.717, 1.165) is 37.0 Å². The number of aromatic nitrogens is 5. The van der Waals surface area contributed by atoms with Crippen molar-refractivity contribution in [3.8, 4) is 22.3 Å². The number of carbonyl (C=O) groups excluding carboxylic acids is 2. The fourth-order valence-electron chi connectivity index (χ4n) is 5.04. The fourth-order valence-corrected chi connectivity index (χ4v) is 5.04. The van der Waals surface area contributed by atoms with Crippen LogP contribution in [0.3, 0.4) is 0 Å². The van der Waals surface area contributed by atoms with E-state index in [9.17, 15) is 28.8 Å². The fraction of sp³-hybridized carbons (Fsp3) is 0.125. The van der Waals surface area contributed by atoms with E-state index < -0.39 is 36.1 Å². The predicted molar refractivity (Wildman–Crippen MR) is 206 cm³/mol. The Morgan fingerprint density at radius 3 is 1.67 bits per heavy atom. The molecule has 280 valence electrons. The number of nitrogens with one attached hydrogen (secondary N) is 2. The van der Waals surface area contributed by atoms with E-state index in [1.165, 1.54) is 43.0 Å². The lowest BCUT2D eigenvalue weighted by Gasteiger charge is -2.11. The monoisotopic (exact) mass is 743 g/mol. The topological polar surface area (TPSA) is 215 Å². The maximum absolute atomic E-state index is 12.6. The minimum atomic E-state index is -1.15. The third kappa shape index (κ3) is 11.5. The van der Waals surface area contributed by atoms with Crippen LogP contribution in [0.25, 0.3) is 22.3 Å². The molecular weight excluding hydrogens is 706 g/mol. The summed E-state index contributed by atoms with van der Waals surface area (Å²) >= 11 is 0. The first-order chi connectivity index (χ1) is 26.5. The van der Waals surface area contributed by atoms with Gasteiger partial charge in [0.2, 0.25) is 0 Å². The molecule has 0 saturated heterocycles. The molecule has 55 heavy (non-hydrogen) atoms. The second-order valence-electron chi connectivity index (χ2n) is 11.4. The lowest BCUT2D eigenvalue weighted by atomic mass is 9.99. The number of pyridine rings is 3. The van der Waals surface area contributed by atoms with E-state index >= 15 is 0 Å². The highest BCUT2D eigenvalue weighted by Crippen LogP contribution is 2.24. The van der Waals surface area contributed by atoms with Crippen molar-refractivity contribution in [2.24, 2.45) is 0 Å². The van der Waals surface area contributed by atoms with Gasteiger partial charge in [-0.2, -0.15) is 0 Å². The minimum Gasteiger partial charge on any atom is -0.480 e. The Morgan fingerprint density at radius 2 is 1.15 bits per heavy atom. The highest BCUT2D eigenvalue weighted by molar-refractivity contribution is 6.05. The number of nitrogens with zero attached hydrogens (tertiary/aromatic N) is 5. The zero-order chi connectivity index (χ0) is 39.9. The second kappa shape index (κ2) is 19.3. The first kappa shape index (κ1) is 40.2. The quantitative estimate of drug-likeness (QED) is 0.143. The van der Waals surface area contributed by atoms with E-state index in [1.807, 2.05) is 45.0 Å². The van der Waals surface area contributed by atoms with Crippen LogP contribution in [0.2, 0.25) is 0 Å². The molecule has 0 unspecified atom stereocenters. The molecule has 0 fully saturated rings. The van der Waals surface area contributed by atoms with Crippen molar-refractivity contribution in [2.75, 3.05) is 10.6 Å². The van der Waals surface area contributed by atoms with Gasteiger partial charge in [-0.3, -0.25) is 33.8 Å². The summed E-state index contributed by atoms with van der Waals surface area (Å²) in [4.78, 5) is 82.0. The summed E-state index contributed by atoms with van der Waals surface area (Å²) in [5.41, 5.74) is 4.96. The number of carbonyl (C=O) groups is 4. The van der Waals surface area contributed by atoms with Crippen LogP contribution < -0.4 is 21.8 Å². The molecule has 0 spiro atoms. The van der Waals surface area contributed by atoms with E-state index in [-0.39, 0.29) is 11.8 Å². The molecule has 15 heteroatoms. The van der Waals surface area contributed by atoms with Gasteiger partial charge in [0.05, 0.1) is 11.4 Å². The zero-order valence-electron chi connectivity index (χ0n) is 30.0. The summed E-state index contributed by atoms with van der Waals surface area (Å²) in [5, 5.41) is 23.0. The maximum atomic E-state index is 12.6. The van der Waals surface area contributed by atoms with Crippen LogP contribution in [-0.4, -0.2) is 58.1 Å². The Bertz CT molecular complexity index is 2410. The van der Waals surface area contributed by atoms with E-state index in [0.29, 0.717) is 22.5 Å². The molecule has 4 aromatic heterocycles. The van der Waals surface area contributed by atoms with Gasteiger partial charge in [-0.05, 0) is 66.1 Å². The standard InChI is InChI=1S/C20H17N3O4.C18H14N4O4.C2H6/c1-13-4-5-14(9-17(13)15-3-2-8-21-10-15)20(27)22-16-6-7-18(24)23(11-16)12-19(25)26;23-16-5-4-15(9-22(16)10-17(24)25)21-18(26)13-3-1-2-12(6-13)14-7-19-11-20-8-14;1-2/h2-11H,12H2,1H3,(H,22,27)(H,25,26);1-9,11H,10H2,(H,21,26)(H,24,25);1-2H3. The number of rotatable bonds is 10. The number of amides is 2. The average Bonchev–Trinajstić information content (AvgIpc) is 3.19. The van der Waals surface area contributed by atoms with Crippen molar-refractivity contribution in [3.63, 3.8) is 0 Å². The van der Waals surface area contributed by atoms with Gasteiger partial charge in [0.15, 0.2) is 0 Å². The minimum absolute atomic E-state index is 0.323. The van der Waals surface area contributed by atoms with Crippen molar-refractivity contribution in [1.29, 1.82) is 0 Å². The first-order valence-electron chi connectivity index (χ1n) is 16.8. The Labute approximate surface area is 314 Å². The molecule has 0 aliphatic carbocycles. The molecular formula is C40H37N7O8. The summed E-state index contributed by atoms with van der Waals surface area (Å²) in [6.07, 6.45) is 10.7. The van der Waals surface area contributed by atoms with Crippen molar-refractivity contribution in [3.05, 3.63) is 160 Å². The first-order valence-corrected chi connectivity index (χ1v) is 16.8. The molecule has 15 nitrogen and oxygen atoms in total. The van der Waals surface area contributed by atoms with Crippen LogP contribution in [0.1, 0.15) is 40.1 Å². The van der Waals surface area contributed by atoms with Crippen molar-refractivity contribution >= 4 is 35.1 Å². The highest BCUT2D eigenvalue weighted by atomic mass is 16.4. The molecule has 2 aromatic carbocycles. The van der Waals surface area contributed by atoms with Gasteiger partial charge in [0, 0.05) is 71.6 Å². The van der Waals surface area contributed by atoms with Gasteiger partial charge in [0.1, 0.15) is 19.4 Å². The predicted octanol–water partition coefficient (Wildman–Crippen LogP) is 5.22. The van der Waals surface area contributed by atoms with E-state index in [4.69, 9.17) is 10.2 Å². The zero-order valence-corrected chi connectivity index (χ0v) is 30.0. The number of anilines is 2. The molecule has 0 aliphatic rings. The van der Waals surface area contributed by atoms with Gasteiger partial charge < -0.3 is 30.0 Å². The Kier molecular flexibility index (Phi) is 14.1. The molecule has 0 aliphatic heterocycles. The van der Waals surface area contributed by atoms with Crippen LogP contribution in [0, 0.1) is 6.92 Å². The SMILES string of the molecule is CC.Cc1ccc(C(=O)Nc2ccc(=O)n(CC(=O)O)c2)cc1-c1cccnc1.O=C(O)Cn1cc(NC(=O)c2cccc(-c3cncnc3)c2)ccc1=O. The third-order valence-electron chi connectivity index (χ3n) is 7.58. The smallest absolute Gasteiger partial charge is 0.323 e. The lowest BCUT2D eigenvalue weighted by Crippen LogP contribution is -2.24. The summed E-state index contributed by atoms with van der Waals surface area (Å²) in [6.45, 7) is 5.00. The van der Waals surface area contributed by atoms with E-state index in [1.54, 1.807) is 55.1 Å². The van der Waals surface area contributed by atoms with Crippen molar-refractivity contribution < 1.29 is 29.4 Å². The van der Waals surface area contributed by atoms with Gasteiger partial charge >= 0.3 is 11.9 Å². The van der Waals surface area contributed by atoms with E-state index in [2.05, 4.69) is 25.6 Å². The number of aryl methyl sites for hydroxylation is 1. The normalized spacial score (nSPS) is 10.1. The molecule has 0 bridgehead atoms. The van der Waals surface area contributed by atoms with Gasteiger partial charge in [-0.25, -0.2) is 9.97 Å². The van der Waals surface area contributed by atoms with Crippen molar-refractivity contribution in [2.45, 2.75) is 33.9 Å². The molecule has 0 radical (unpaired) electrons. The Balaban J connectivity index is 0.000000234. The molecule has 0 atom stereocenters. The number of hydrogen-bond donors (Lipinski definition) is 4. The summed E-state index contributed by atoms with van der Waals surface area (Å²) in [6, 6.07) is 21.3. The number of aliphatic carboxylic acids is 2. The number of carboxylic acids is 2. The van der Waals surface area contributed by atoms with Gasteiger partial charge in [-0.1, -0.05) is 38.1 Å². The maximum Gasteiger partial charge on any atom is 0.323 e. The van der Waals surface area contributed by atoms with Crippen LogP contribution >= 0.6 is 0 Å². The number of benzene rings is 2. The molecule has 4 heterocycles. The average molecular weight is 744 g/mol. The van der Waals surface area contributed by atoms with Crippen LogP contribution in [0.15, 0.2) is 132 Å². The Hall–Kier alpha value is -7.55. The highest BCUT2D eigenvalue weighted by Gasteiger charge is 2.13. The number of hydrogen-bond acceptors (Lipinski definition) is 9. The summed E-state index contributed by atoms with van der Waals surface area (Å²) < 4.78 is 2.03.